The monoisotopic (exact) mass is 581 g/mol. The van der Waals surface area contributed by atoms with Crippen LogP contribution in [0.4, 0.5) is 0 Å². The van der Waals surface area contributed by atoms with E-state index in [1.807, 2.05) is 20.8 Å². The van der Waals surface area contributed by atoms with Gasteiger partial charge in [0.15, 0.2) is 0 Å². The minimum Gasteiger partial charge on any atom is -0.460 e. The van der Waals surface area contributed by atoms with Crippen LogP contribution in [0.1, 0.15) is 93.9 Å². The molecule has 3 unspecified atom stereocenters. The molecule has 41 heavy (non-hydrogen) atoms. The third kappa shape index (κ3) is 12.9. The van der Waals surface area contributed by atoms with E-state index in [1.165, 1.54) is 6.92 Å². The molecule has 1 rings (SSSR count). The van der Waals surface area contributed by atoms with Crippen molar-refractivity contribution in [3.63, 3.8) is 0 Å². The maximum absolute atomic E-state index is 13.2. The zero-order valence-corrected chi connectivity index (χ0v) is 25.9. The summed E-state index contributed by atoms with van der Waals surface area (Å²) in [7, 11) is 0. The van der Waals surface area contributed by atoms with E-state index < -0.39 is 65.8 Å². The first-order chi connectivity index (χ1) is 19.2. The fraction of sp³-hybridized carbons (Fsp3) is 0.793. The average molecular weight is 582 g/mol. The molecule has 0 aromatic heterocycles. The Hall–Kier alpha value is -3.18. The Labute approximate surface area is 244 Å². The highest BCUT2D eigenvalue weighted by Gasteiger charge is 2.33. The highest BCUT2D eigenvalue weighted by molar-refractivity contribution is 5.95. The van der Waals surface area contributed by atoms with Crippen molar-refractivity contribution in [2.75, 3.05) is 6.54 Å². The zero-order valence-electron chi connectivity index (χ0n) is 25.9. The van der Waals surface area contributed by atoms with Crippen molar-refractivity contribution in [2.45, 2.75) is 124 Å². The van der Waals surface area contributed by atoms with Crippen molar-refractivity contribution in [2.24, 2.45) is 17.8 Å². The van der Waals surface area contributed by atoms with Crippen LogP contribution in [0.2, 0.25) is 0 Å². The van der Waals surface area contributed by atoms with Crippen LogP contribution in [0.3, 0.4) is 0 Å². The maximum atomic E-state index is 13.2. The summed E-state index contributed by atoms with van der Waals surface area (Å²) in [6, 6.07) is -3.95. The molecule has 1 aliphatic rings. The van der Waals surface area contributed by atoms with Gasteiger partial charge in [0.1, 0.15) is 30.3 Å². The van der Waals surface area contributed by atoms with E-state index in [9.17, 15) is 28.8 Å². The quantitative estimate of drug-likeness (QED) is 0.212. The van der Waals surface area contributed by atoms with E-state index >= 15 is 0 Å². The Morgan fingerprint density at radius 2 is 1.39 bits per heavy atom. The number of carbonyl (C=O) groups is 6. The van der Waals surface area contributed by atoms with Crippen LogP contribution < -0.4 is 26.6 Å². The molecular formula is C29H51N5O7. The predicted molar refractivity (Wildman–Crippen MR) is 154 cm³/mol. The van der Waals surface area contributed by atoms with Crippen molar-refractivity contribution in [1.82, 2.24) is 26.6 Å². The van der Waals surface area contributed by atoms with Crippen LogP contribution in [0, 0.1) is 17.8 Å². The van der Waals surface area contributed by atoms with Gasteiger partial charge >= 0.3 is 5.97 Å². The molecule has 1 aliphatic heterocycles. The lowest BCUT2D eigenvalue weighted by atomic mass is 9.99. The first kappa shape index (κ1) is 35.8. The van der Waals surface area contributed by atoms with Crippen LogP contribution in [0.5, 0.6) is 0 Å². The zero-order chi connectivity index (χ0) is 31.3. The number of carbonyl (C=O) groups excluding carboxylic acids is 6. The van der Waals surface area contributed by atoms with Crippen molar-refractivity contribution >= 4 is 35.5 Å². The van der Waals surface area contributed by atoms with Gasteiger partial charge in [-0.05, 0) is 43.9 Å². The summed E-state index contributed by atoms with van der Waals surface area (Å²) in [5, 5.41) is 13.2. The van der Waals surface area contributed by atoms with Gasteiger partial charge < -0.3 is 31.3 Å². The number of hydrogen-bond donors (Lipinski definition) is 5. The Balaban J connectivity index is 3.35. The summed E-state index contributed by atoms with van der Waals surface area (Å²) >= 11 is 0. The topological polar surface area (TPSA) is 172 Å². The molecule has 0 aromatic rings. The van der Waals surface area contributed by atoms with Gasteiger partial charge in [-0.15, -0.1) is 0 Å². The first-order valence-electron chi connectivity index (χ1n) is 14.8. The largest absolute Gasteiger partial charge is 0.460 e. The fourth-order valence-electron chi connectivity index (χ4n) is 4.40. The van der Waals surface area contributed by atoms with Gasteiger partial charge in [0, 0.05) is 0 Å². The number of cyclic esters (lactones) is 1. The molecule has 12 heteroatoms. The molecule has 0 saturated carbocycles. The molecule has 1 heterocycles. The number of rotatable bonds is 8. The molecule has 5 N–H and O–H groups in total. The number of amides is 5. The molecule has 0 spiro atoms. The second-order valence-corrected chi connectivity index (χ2v) is 12.0. The van der Waals surface area contributed by atoms with E-state index in [2.05, 4.69) is 26.6 Å². The first-order valence-corrected chi connectivity index (χ1v) is 14.8. The third-order valence-electron chi connectivity index (χ3n) is 6.85. The molecule has 0 aliphatic carbocycles. The Bertz CT molecular complexity index is 921. The summed E-state index contributed by atoms with van der Waals surface area (Å²) < 4.78 is 5.70. The highest BCUT2D eigenvalue weighted by Crippen LogP contribution is 2.15. The van der Waals surface area contributed by atoms with Gasteiger partial charge in [-0.1, -0.05) is 61.3 Å². The van der Waals surface area contributed by atoms with Crippen molar-refractivity contribution in [3.8, 4) is 0 Å². The number of unbranched alkanes of at least 4 members (excludes halogenated alkanes) is 2. The van der Waals surface area contributed by atoms with Gasteiger partial charge in [0.2, 0.25) is 29.5 Å². The molecule has 12 nitrogen and oxygen atoms in total. The maximum Gasteiger partial charge on any atom is 0.329 e. The van der Waals surface area contributed by atoms with Crippen LogP contribution in [0.25, 0.3) is 0 Å². The number of ether oxygens (including phenoxy) is 1. The van der Waals surface area contributed by atoms with Crippen LogP contribution in [0.15, 0.2) is 0 Å². The second kappa shape index (κ2) is 17.6. The second-order valence-electron chi connectivity index (χ2n) is 12.0. The van der Waals surface area contributed by atoms with Crippen LogP contribution in [-0.4, -0.2) is 72.3 Å². The minimum atomic E-state index is -1.02. The molecule has 0 bridgehead atoms. The molecule has 0 aromatic carbocycles. The Kier molecular flexibility index (Phi) is 15.4. The number of nitrogens with one attached hydrogen (secondary N) is 5. The SMILES string of the molecule is CCCCCC1CC(=O)NCC(=O)NC(C(C)C)C(=O)N[C@H](CC(C)C)C(=O)N[C@@H](C)C(=O)NC(C(C)C)C(=O)O1. The summed E-state index contributed by atoms with van der Waals surface area (Å²) in [5.74, 6) is -4.05. The van der Waals surface area contributed by atoms with Crippen molar-refractivity contribution < 1.29 is 33.5 Å². The standard InChI is InChI=1S/C29H51N5O7/c1-9-10-11-12-20-14-22(35)30-15-23(36)33-24(17(4)5)28(39)32-21(13-16(2)3)27(38)31-19(8)26(37)34-25(18(6)7)29(40)41-20/h16-21,24-25H,9-15H2,1-8H3,(H,30,35)(H,31,38)(H,32,39)(H,33,36)(H,34,37)/t19-,20?,21+,24?,25?/m0/s1. The molecule has 1 saturated heterocycles. The summed E-state index contributed by atoms with van der Waals surface area (Å²) in [5.41, 5.74) is 0. The summed E-state index contributed by atoms with van der Waals surface area (Å²) in [4.78, 5) is 77.9. The van der Waals surface area contributed by atoms with E-state index in [-0.39, 0.29) is 30.7 Å². The minimum absolute atomic E-state index is 0.0319. The van der Waals surface area contributed by atoms with Gasteiger partial charge in [0.25, 0.3) is 0 Å². The van der Waals surface area contributed by atoms with Gasteiger partial charge in [0.05, 0.1) is 13.0 Å². The van der Waals surface area contributed by atoms with Gasteiger partial charge in [-0.2, -0.15) is 0 Å². The van der Waals surface area contributed by atoms with Crippen molar-refractivity contribution in [3.05, 3.63) is 0 Å². The van der Waals surface area contributed by atoms with Gasteiger partial charge in [-0.25, -0.2) is 4.79 Å². The third-order valence-corrected chi connectivity index (χ3v) is 6.85. The molecular weight excluding hydrogens is 530 g/mol. The highest BCUT2D eigenvalue weighted by atomic mass is 16.5. The summed E-state index contributed by atoms with van der Waals surface area (Å²) in [6.07, 6.45) is 2.38. The van der Waals surface area contributed by atoms with E-state index in [0.29, 0.717) is 12.8 Å². The van der Waals surface area contributed by atoms with E-state index in [4.69, 9.17) is 4.74 Å². The van der Waals surface area contributed by atoms with E-state index in [0.717, 1.165) is 19.3 Å². The Morgan fingerprint density at radius 3 is 1.95 bits per heavy atom. The number of esters is 1. The van der Waals surface area contributed by atoms with Crippen LogP contribution in [-0.2, 0) is 33.5 Å². The molecule has 5 atom stereocenters. The molecule has 5 amide bonds. The molecule has 234 valence electrons. The number of hydrogen-bond acceptors (Lipinski definition) is 7. The normalized spacial score (nSPS) is 26.3. The lowest BCUT2D eigenvalue weighted by Gasteiger charge is -2.27. The lowest BCUT2D eigenvalue weighted by molar-refractivity contribution is -0.156. The van der Waals surface area contributed by atoms with Crippen molar-refractivity contribution in [1.29, 1.82) is 0 Å². The average Bonchev–Trinajstić information content (AvgIpc) is 2.87. The lowest BCUT2D eigenvalue weighted by Crippen LogP contribution is -2.58. The smallest absolute Gasteiger partial charge is 0.329 e. The van der Waals surface area contributed by atoms with Gasteiger partial charge in [-0.3, -0.25) is 24.0 Å². The fourth-order valence-corrected chi connectivity index (χ4v) is 4.40. The van der Waals surface area contributed by atoms with E-state index in [1.54, 1.807) is 27.7 Å². The predicted octanol–water partition coefficient (Wildman–Crippen LogP) is 1.32. The Morgan fingerprint density at radius 1 is 0.756 bits per heavy atom. The summed E-state index contributed by atoms with van der Waals surface area (Å²) in [6.45, 7) is 13.9. The molecule has 1 fully saturated rings. The van der Waals surface area contributed by atoms with Crippen LogP contribution >= 0.6 is 0 Å². The molecule has 0 radical (unpaired) electrons.